The van der Waals surface area contributed by atoms with Crippen molar-refractivity contribution in [3.05, 3.63) is 0 Å². The summed E-state index contributed by atoms with van der Waals surface area (Å²) in [7, 11) is 1.63. The van der Waals surface area contributed by atoms with Gasteiger partial charge in [-0.1, -0.05) is 0 Å². The summed E-state index contributed by atoms with van der Waals surface area (Å²) in [6, 6.07) is 0. The lowest BCUT2D eigenvalue weighted by Gasteiger charge is -2.06. The van der Waals surface area contributed by atoms with Crippen LogP contribution in [0.25, 0.3) is 0 Å². The fourth-order valence-electron chi connectivity index (χ4n) is 0.303. The number of carboxylic acids is 1. The Balaban J connectivity index is 0. The van der Waals surface area contributed by atoms with Gasteiger partial charge in [-0.25, -0.2) is 0 Å². The molecule has 0 aliphatic rings. The third kappa shape index (κ3) is 26.6. The number of rotatable bonds is 3. The van der Waals surface area contributed by atoms with Crippen LogP contribution in [0.5, 0.6) is 0 Å². The minimum atomic E-state index is -0.833. The molecule has 0 heterocycles. The van der Waals surface area contributed by atoms with Crippen molar-refractivity contribution < 1.29 is 19.4 Å². The van der Waals surface area contributed by atoms with Crippen molar-refractivity contribution in [2.45, 2.75) is 27.1 Å². The average Bonchev–Trinajstić information content (AvgIpc) is 1.87. The maximum absolute atomic E-state index is 9.00. The van der Waals surface area contributed by atoms with Crippen molar-refractivity contribution in [2.75, 3.05) is 13.7 Å². The standard InChI is InChI=1S/C5H12O2.C2H4O2/c1-4-7-5(2)6-3;1-2(3)4/h5H,4H2,1-3H3;1H3,(H,3,4). The molecule has 4 nitrogen and oxygen atoms in total. The fraction of sp³-hybridized carbons (Fsp3) is 0.857. The summed E-state index contributed by atoms with van der Waals surface area (Å²) in [6.45, 7) is 5.61. The average molecular weight is 164 g/mol. The Bertz CT molecular complexity index is 88.4. The first-order valence-corrected chi connectivity index (χ1v) is 3.38. The van der Waals surface area contributed by atoms with E-state index in [-0.39, 0.29) is 6.29 Å². The maximum Gasteiger partial charge on any atom is 0.300 e. The lowest BCUT2D eigenvalue weighted by atomic mass is 10.7. The first-order chi connectivity index (χ1) is 5.04. The Kier molecular flexibility index (Phi) is 11.1. The Morgan fingerprint density at radius 3 is 2.09 bits per heavy atom. The smallest absolute Gasteiger partial charge is 0.300 e. The molecule has 0 rings (SSSR count). The quantitative estimate of drug-likeness (QED) is 0.635. The van der Waals surface area contributed by atoms with E-state index in [0.29, 0.717) is 0 Å². The van der Waals surface area contributed by atoms with Crippen molar-refractivity contribution in [2.24, 2.45) is 0 Å². The fourth-order valence-corrected chi connectivity index (χ4v) is 0.303. The summed E-state index contributed by atoms with van der Waals surface area (Å²) in [6.07, 6.45) is -0.0509. The molecule has 0 fully saturated rings. The van der Waals surface area contributed by atoms with E-state index >= 15 is 0 Å². The number of hydrogen-bond donors (Lipinski definition) is 1. The van der Waals surface area contributed by atoms with Gasteiger partial charge in [-0.05, 0) is 13.8 Å². The van der Waals surface area contributed by atoms with Crippen LogP contribution in [0.1, 0.15) is 20.8 Å². The molecule has 0 aromatic heterocycles. The van der Waals surface area contributed by atoms with Crippen molar-refractivity contribution in [3.63, 3.8) is 0 Å². The molecule has 0 saturated heterocycles. The van der Waals surface area contributed by atoms with Crippen LogP contribution in [0.3, 0.4) is 0 Å². The topological polar surface area (TPSA) is 55.8 Å². The second kappa shape index (κ2) is 9.39. The highest BCUT2D eigenvalue weighted by molar-refractivity contribution is 5.62. The molecule has 0 aromatic carbocycles. The van der Waals surface area contributed by atoms with Crippen LogP contribution in [-0.2, 0) is 14.3 Å². The van der Waals surface area contributed by atoms with Gasteiger partial charge in [0.1, 0.15) is 0 Å². The summed E-state index contributed by atoms with van der Waals surface area (Å²) >= 11 is 0. The lowest BCUT2D eigenvalue weighted by molar-refractivity contribution is -0.134. The summed E-state index contributed by atoms with van der Waals surface area (Å²) < 4.78 is 9.74. The van der Waals surface area contributed by atoms with Gasteiger partial charge < -0.3 is 14.6 Å². The molecule has 1 N–H and O–H groups in total. The van der Waals surface area contributed by atoms with E-state index < -0.39 is 5.97 Å². The zero-order valence-electron chi connectivity index (χ0n) is 7.46. The van der Waals surface area contributed by atoms with Crippen LogP contribution >= 0.6 is 0 Å². The summed E-state index contributed by atoms with van der Waals surface area (Å²) in [4.78, 5) is 9.00. The van der Waals surface area contributed by atoms with E-state index in [1.54, 1.807) is 7.11 Å². The van der Waals surface area contributed by atoms with Gasteiger partial charge in [0.15, 0.2) is 6.29 Å². The number of ether oxygens (including phenoxy) is 2. The summed E-state index contributed by atoms with van der Waals surface area (Å²) in [5.74, 6) is -0.833. The van der Waals surface area contributed by atoms with Gasteiger partial charge in [0, 0.05) is 20.6 Å². The van der Waals surface area contributed by atoms with Gasteiger partial charge in [0.2, 0.25) is 0 Å². The van der Waals surface area contributed by atoms with Crippen LogP contribution in [0.2, 0.25) is 0 Å². The maximum atomic E-state index is 9.00. The minimum Gasteiger partial charge on any atom is -0.481 e. The molecule has 0 aliphatic heterocycles. The molecular formula is C7H16O4. The molecule has 0 spiro atoms. The molecule has 1 atom stereocenters. The first-order valence-electron chi connectivity index (χ1n) is 3.38. The predicted octanol–water partition coefficient (Wildman–Crippen LogP) is 1.11. The molecule has 0 saturated carbocycles. The third-order valence-electron chi connectivity index (χ3n) is 0.733. The Hall–Kier alpha value is -0.610. The highest BCUT2D eigenvalue weighted by Crippen LogP contribution is 1.87. The van der Waals surface area contributed by atoms with Crippen molar-refractivity contribution in [1.82, 2.24) is 0 Å². The summed E-state index contributed by atoms with van der Waals surface area (Å²) in [5.41, 5.74) is 0. The van der Waals surface area contributed by atoms with Gasteiger partial charge in [0.25, 0.3) is 5.97 Å². The molecule has 4 heteroatoms. The van der Waals surface area contributed by atoms with E-state index in [1.165, 1.54) is 0 Å². The first kappa shape index (κ1) is 13.0. The van der Waals surface area contributed by atoms with Gasteiger partial charge in [-0.2, -0.15) is 0 Å². The molecule has 0 aromatic rings. The molecule has 1 unspecified atom stereocenters. The van der Waals surface area contributed by atoms with Crippen molar-refractivity contribution in [1.29, 1.82) is 0 Å². The molecule has 68 valence electrons. The van der Waals surface area contributed by atoms with Crippen molar-refractivity contribution in [3.8, 4) is 0 Å². The van der Waals surface area contributed by atoms with E-state index in [4.69, 9.17) is 19.4 Å². The van der Waals surface area contributed by atoms with Crippen LogP contribution in [0, 0.1) is 0 Å². The predicted molar refractivity (Wildman–Crippen MR) is 41.4 cm³/mol. The normalized spacial score (nSPS) is 11.3. The number of methoxy groups -OCH3 is 1. The second-order valence-corrected chi connectivity index (χ2v) is 1.78. The van der Waals surface area contributed by atoms with Gasteiger partial charge >= 0.3 is 0 Å². The Morgan fingerprint density at radius 2 is 2.00 bits per heavy atom. The van der Waals surface area contributed by atoms with E-state index in [0.717, 1.165) is 13.5 Å². The minimum absolute atomic E-state index is 0.0509. The SMILES string of the molecule is CC(=O)O.CCOC(C)OC. The number of aliphatic carboxylic acids is 1. The second-order valence-electron chi connectivity index (χ2n) is 1.78. The molecule has 0 bridgehead atoms. The van der Waals surface area contributed by atoms with E-state index in [2.05, 4.69) is 0 Å². The van der Waals surface area contributed by atoms with Crippen molar-refractivity contribution >= 4 is 5.97 Å². The van der Waals surface area contributed by atoms with Crippen LogP contribution < -0.4 is 0 Å². The Morgan fingerprint density at radius 1 is 1.64 bits per heavy atom. The van der Waals surface area contributed by atoms with Crippen LogP contribution in [0.4, 0.5) is 0 Å². The van der Waals surface area contributed by atoms with Gasteiger partial charge in [-0.15, -0.1) is 0 Å². The zero-order valence-corrected chi connectivity index (χ0v) is 7.46. The number of carbonyl (C=O) groups is 1. The molecule has 11 heavy (non-hydrogen) atoms. The monoisotopic (exact) mass is 164 g/mol. The Labute approximate surface area is 67.1 Å². The highest BCUT2D eigenvalue weighted by atomic mass is 16.7. The summed E-state index contributed by atoms with van der Waals surface area (Å²) in [5, 5.41) is 7.42. The lowest BCUT2D eigenvalue weighted by Crippen LogP contribution is -2.08. The highest BCUT2D eigenvalue weighted by Gasteiger charge is 1.91. The van der Waals surface area contributed by atoms with Gasteiger partial charge in [0.05, 0.1) is 0 Å². The van der Waals surface area contributed by atoms with E-state index in [9.17, 15) is 0 Å². The molecule has 0 radical (unpaired) electrons. The molecule has 0 amide bonds. The number of hydrogen-bond acceptors (Lipinski definition) is 3. The van der Waals surface area contributed by atoms with Gasteiger partial charge in [-0.3, -0.25) is 4.79 Å². The molecule has 0 aliphatic carbocycles. The van der Waals surface area contributed by atoms with E-state index in [1.807, 2.05) is 13.8 Å². The zero-order chi connectivity index (χ0) is 9.28. The van der Waals surface area contributed by atoms with Crippen LogP contribution in [0.15, 0.2) is 0 Å². The number of carboxylic acid groups (broad SMARTS) is 1. The molecular weight excluding hydrogens is 148 g/mol. The van der Waals surface area contributed by atoms with Crippen LogP contribution in [-0.4, -0.2) is 31.1 Å². The largest absolute Gasteiger partial charge is 0.481 e. The third-order valence-corrected chi connectivity index (χ3v) is 0.733.